The summed E-state index contributed by atoms with van der Waals surface area (Å²) in [4.78, 5) is 33.6. The minimum Gasteiger partial charge on any atom is -0.495 e. The van der Waals surface area contributed by atoms with Crippen molar-refractivity contribution in [3.63, 3.8) is 0 Å². The molecule has 0 fully saturated rings. The molecule has 0 aliphatic heterocycles. The molecule has 36 heavy (non-hydrogen) atoms. The van der Waals surface area contributed by atoms with E-state index in [2.05, 4.69) is 36.1 Å². The Balaban J connectivity index is 1.76. The zero-order chi connectivity index (χ0) is 26.0. The number of hydrogen-bond acceptors (Lipinski definition) is 4. The number of ether oxygens (including phenoxy) is 1. The van der Waals surface area contributed by atoms with Crippen molar-refractivity contribution >= 4 is 23.0 Å². The second-order valence-electron chi connectivity index (χ2n) is 9.24. The SMILES string of the molecule is CCCc1cc(C)[nH]c(=O)c1CNC(=O)c1cc(-c2ccc(OC)c(Cl)c2)cc2c(C(C)C)ncn12. The predicted octanol–water partition coefficient (Wildman–Crippen LogP) is 5.67. The Bertz CT molecular complexity index is 1490. The van der Waals surface area contributed by atoms with Crippen molar-refractivity contribution in [3.05, 3.63) is 86.3 Å². The van der Waals surface area contributed by atoms with E-state index in [1.54, 1.807) is 23.9 Å². The molecule has 3 aromatic heterocycles. The molecule has 0 spiro atoms. The number of nitrogens with zero attached hydrogens (tertiary/aromatic N) is 2. The monoisotopic (exact) mass is 506 g/mol. The van der Waals surface area contributed by atoms with Crippen LogP contribution >= 0.6 is 11.6 Å². The van der Waals surface area contributed by atoms with Crippen LogP contribution in [-0.2, 0) is 13.0 Å². The maximum absolute atomic E-state index is 13.5. The van der Waals surface area contributed by atoms with Gasteiger partial charge >= 0.3 is 0 Å². The molecule has 1 amide bonds. The minimum absolute atomic E-state index is 0.135. The molecule has 0 aliphatic carbocycles. The molecule has 0 saturated carbocycles. The van der Waals surface area contributed by atoms with Crippen molar-refractivity contribution in [3.8, 4) is 16.9 Å². The molecule has 2 N–H and O–H groups in total. The number of carbonyl (C=O) groups excluding carboxylic acids is 1. The molecular weight excluding hydrogens is 476 g/mol. The number of halogens is 1. The number of aromatic nitrogens is 3. The van der Waals surface area contributed by atoms with Gasteiger partial charge in [-0.2, -0.15) is 0 Å². The van der Waals surface area contributed by atoms with E-state index in [-0.39, 0.29) is 23.9 Å². The Kier molecular flexibility index (Phi) is 7.50. The summed E-state index contributed by atoms with van der Waals surface area (Å²) in [5, 5.41) is 3.45. The summed E-state index contributed by atoms with van der Waals surface area (Å²) in [6.45, 7) is 8.20. The number of benzene rings is 1. The van der Waals surface area contributed by atoms with Gasteiger partial charge < -0.3 is 15.0 Å². The Labute approximate surface area is 215 Å². The van der Waals surface area contributed by atoms with Gasteiger partial charge in [0.25, 0.3) is 11.5 Å². The number of hydrogen-bond donors (Lipinski definition) is 2. The molecule has 1 aromatic carbocycles. The number of nitrogens with one attached hydrogen (secondary N) is 2. The first-order valence-electron chi connectivity index (χ1n) is 12.1. The zero-order valence-electron chi connectivity index (χ0n) is 21.2. The molecule has 0 saturated heterocycles. The minimum atomic E-state index is -0.295. The van der Waals surface area contributed by atoms with Crippen LogP contribution in [0.15, 0.2) is 47.5 Å². The molecule has 3 heterocycles. The number of imidazole rings is 1. The van der Waals surface area contributed by atoms with Crippen LogP contribution in [0.3, 0.4) is 0 Å². The number of aromatic amines is 1. The van der Waals surface area contributed by atoms with Gasteiger partial charge in [0.15, 0.2) is 0 Å². The highest BCUT2D eigenvalue weighted by Crippen LogP contribution is 2.32. The van der Waals surface area contributed by atoms with E-state index in [0.29, 0.717) is 22.0 Å². The van der Waals surface area contributed by atoms with Gasteiger partial charge in [0.1, 0.15) is 17.8 Å². The fourth-order valence-electron chi connectivity index (χ4n) is 4.48. The molecular formula is C28H31ClN4O3. The fourth-order valence-corrected chi connectivity index (χ4v) is 4.73. The van der Waals surface area contributed by atoms with Crippen LogP contribution < -0.4 is 15.6 Å². The van der Waals surface area contributed by atoms with Gasteiger partial charge in [-0.3, -0.25) is 14.0 Å². The average molecular weight is 507 g/mol. The Morgan fingerprint density at radius 3 is 2.64 bits per heavy atom. The molecule has 0 radical (unpaired) electrons. The number of rotatable bonds is 8. The number of pyridine rings is 2. The fraction of sp³-hybridized carbons (Fsp3) is 0.321. The van der Waals surface area contributed by atoms with Crippen LogP contribution in [0.5, 0.6) is 5.75 Å². The van der Waals surface area contributed by atoms with E-state index in [1.807, 2.05) is 37.3 Å². The number of carbonyl (C=O) groups is 1. The quantitative estimate of drug-likeness (QED) is 0.322. The Morgan fingerprint density at radius 2 is 1.97 bits per heavy atom. The zero-order valence-corrected chi connectivity index (χ0v) is 22.0. The second kappa shape index (κ2) is 10.6. The van der Waals surface area contributed by atoms with E-state index in [9.17, 15) is 9.59 Å². The maximum atomic E-state index is 13.5. The van der Waals surface area contributed by atoms with Crippen molar-refractivity contribution in [2.75, 3.05) is 7.11 Å². The summed E-state index contributed by atoms with van der Waals surface area (Å²) < 4.78 is 7.08. The lowest BCUT2D eigenvalue weighted by Crippen LogP contribution is -2.29. The highest BCUT2D eigenvalue weighted by Gasteiger charge is 2.19. The topological polar surface area (TPSA) is 88.5 Å². The van der Waals surface area contributed by atoms with Crippen LogP contribution in [0.25, 0.3) is 16.6 Å². The lowest BCUT2D eigenvalue weighted by Gasteiger charge is -2.14. The van der Waals surface area contributed by atoms with Crippen molar-refractivity contribution in [2.45, 2.75) is 53.0 Å². The van der Waals surface area contributed by atoms with Gasteiger partial charge in [0.2, 0.25) is 0 Å². The average Bonchev–Trinajstić information content (AvgIpc) is 3.27. The number of amides is 1. The van der Waals surface area contributed by atoms with E-state index in [1.165, 1.54) is 0 Å². The van der Waals surface area contributed by atoms with Gasteiger partial charge in [0.05, 0.1) is 23.3 Å². The van der Waals surface area contributed by atoms with E-state index < -0.39 is 0 Å². The molecule has 8 heteroatoms. The third-order valence-corrected chi connectivity index (χ3v) is 6.55. The summed E-state index contributed by atoms with van der Waals surface area (Å²) in [7, 11) is 1.57. The first-order valence-corrected chi connectivity index (χ1v) is 12.5. The molecule has 0 aliphatic rings. The summed E-state index contributed by atoms with van der Waals surface area (Å²) in [5.74, 6) is 0.456. The summed E-state index contributed by atoms with van der Waals surface area (Å²) >= 11 is 6.39. The predicted molar refractivity (Wildman–Crippen MR) is 143 cm³/mol. The first kappa shape index (κ1) is 25.5. The van der Waals surface area contributed by atoms with Crippen LogP contribution in [0, 0.1) is 6.92 Å². The lowest BCUT2D eigenvalue weighted by molar-refractivity contribution is 0.0944. The van der Waals surface area contributed by atoms with Gasteiger partial charge in [-0.1, -0.05) is 44.9 Å². The standard InChI is InChI=1S/C28H31ClN4O3/c1-6-7-19-10-17(4)32-27(34)21(19)14-30-28(35)24-13-20(18-8-9-25(36-5)22(29)11-18)12-23-26(16(2)3)31-15-33(23)24/h8-13,15-16H,6-7,14H2,1-5H3,(H,30,35)(H,32,34). The molecule has 0 unspecified atom stereocenters. The number of methoxy groups -OCH3 is 1. The first-order chi connectivity index (χ1) is 17.2. The molecule has 4 aromatic rings. The maximum Gasteiger partial charge on any atom is 0.268 e. The third-order valence-electron chi connectivity index (χ3n) is 6.25. The van der Waals surface area contributed by atoms with Crippen LogP contribution in [0.2, 0.25) is 5.02 Å². The largest absolute Gasteiger partial charge is 0.495 e. The lowest BCUT2D eigenvalue weighted by atomic mass is 10.0. The molecule has 188 valence electrons. The second-order valence-corrected chi connectivity index (χ2v) is 9.64. The van der Waals surface area contributed by atoms with Crippen LogP contribution in [-0.4, -0.2) is 27.4 Å². The van der Waals surface area contributed by atoms with Crippen molar-refractivity contribution in [1.82, 2.24) is 19.7 Å². The molecule has 0 atom stereocenters. The van der Waals surface area contributed by atoms with E-state index in [4.69, 9.17) is 16.3 Å². The summed E-state index contributed by atoms with van der Waals surface area (Å²) in [6, 6.07) is 11.3. The molecule has 7 nitrogen and oxygen atoms in total. The number of aryl methyl sites for hydroxylation is 2. The summed E-state index contributed by atoms with van der Waals surface area (Å²) in [5.41, 5.74) is 6.03. The van der Waals surface area contributed by atoms with E-state index >= 15 is 0 Å². The Hall–Kier alpha value is -3.58. The van der Waals surface area contributed by atoms with Gasteiger partial charge in [0, 0.05) is 17.8 Å². The highest BCUT2D eigenvalue weighted by atomic mass is 35.5. The van der Waals surface area contributed by atoms with Crippen molar-refractivity contribution in [2.24, 2.45) is 0 Å². The van der Waals surface area contributed by atoms with Crippen LogP contribution in [0.1, 0.15) is 66.1 Å². The number of H-pyrrole nitrogens is 1. The van der Waals surface area contributed by atoms with Crippen molar-refractivity contribution < 1.29 is 9.53 Å². The van der Waals surface area contributed by atoms with Gasteiger partial charge in [-0.05, 0) is 66.3 Å². The Morgan fingerprint density at radius 1 is 1.19 bits per heavy atom. The number of fused-ring (bicyclic) bond motifs is 1. The van der Waals surface area contributed by atoms with E-state index in [0.717, 1.165) is 46.4 Å². The summed E-state index contributed by atoms with van der Waals surface area (Å²) in [6.07, 6.45) is 3.35. The smallest absolute Gasteiger partial charge is 0.268 e. The molecule has 0 bridgehead atoms. The van der Waals surface area contributed by atoms with Crippen LogP contribution in [0.4, 0.5) is 0 Å². The third kappa shape index (κ3) is 5.02. The van der Waals surface area contributed by atoms with Crippen molar-refractivity contribution in [1.29, 1.82) is 0 Å². The molecule has 4 rings (SSSR count). The highest BCUT2D eigenvalue weighted by molar-refractivity contribution is 6.32. The normalized spacial score (nSPS) is 11.3. The van der Waals surface area contributed by atoms with Gasteiger partial charge in [-0.25, -0.2) is 4.98 Å². The van der Waals surface area contributed by atoms with Gasteiger partial charge in [-0.15, -0.1) is 0 Å².